The number of anilines is 2. The first-order valence-electron chi connectivity index (χ1n) is 11.5. The highest BCUT2D eigenvalue weighted by molar-refractivity contribution is 6.51. The highest BCUT2D eigenvalue weighted by Gasteiger charge is 2.47. The molecular formula is C28H27FN2O4. The van der Waals surface area contributed by atoms with Crippen molar-refractivity contribution in [3.63, 3.8) is 0 Å². The number of phenols is 1. The molecule has 1 aliphatic rings. The molecule has 7 heteroatoms. The molecule has 2 N–H and O–H groups in total. The van der Waals surface area contributed by atoms with Crippen LogP contribution in [0.25, 0.3) is 5.76 Å². The SMILES string of the molecule is CCN(CC)c1ccc(C2/C(=C(\O)c3ccc(F)cc3)C(=O)C(=O)N2c2cc(C)ccc2O)cc1. The molecule has 0 aliphatic carbocycles. The van der Waals surface area contributed by atoms with Crippen LogP contribution in [0, 0.1) is 12.7 Å². The van der Waals surface area contributed by atoms with Crippen LogP contribution in [0.4, 0.5) is 15.8 Å². The number of nitrogens with zero attached hydrogens (tertiary/aromatic N) is 2. The molecule has 1 amide bonds. The summed E-state index contributed by atoms with van der Waals surface area (Å²) < 4.78 is 13.5. The molecule has 3 aromatic rings. The van der Waals surface area contributed by atoms with Gasteiger partial charge in [0.2, 0.25) is 0 Å². The second kappa shape index (κ2) is 9.62. The fourth-order valence-electron chi connectivity index (χ4n) is 4.44. The Morgan fingerprint density at radius 1 is 0.971 bits per heavy atom. The van der Waals surface area contributed by atoms with Crippen molar-refractivity contribution in [2.24, 2.45) is 0 Å². The summed E-state index contributed by atoms with van der Waals surface area (Å²) in [6.07, 6.45) is 0. The van der Waals surface area contributed by atoms with E-state index in [9.17, 15) is 24.2 Å². The number of halogens is 1. The van der Waals surface area contributed by atoms with Gasteiger partial charge in [0.05, 0.1) is 17.3 Å². The Bertz CT molecular complexity index is 1300. The van der Waals surface area contributed by atoms with Gasteiger partial charge in [0.25, 0.3) is 11.7 Å². The van der Waals surface area contributed by atoms with Gasteiger partial charge in [0.1, 0.15) is 17.3 Å². The molecule has 0 saturated carbocycles. The molecule has 0 aromatic heterocycles. The van der Waals surface area contributed by atoms with Crippen molar-refractivity contribution < 1.29 is 24.2 Å². The molecule has 0 radical (unpaired) electrons. The van der Waals surface area contributed by atoms with Gasteiger partial charge in [-0.2, -0.15) is 0 Å². The van der Waals surface area contributed by atoms with Crippen LogP contribution in [-0.2, 0) is 9.59 Å². The van der Waals surface area contributed by atoms with Crippen LogP contribution in [0.1, 0.15) is 36.6 Å². The predicted molar refractivity (Wildman–Crippen MR) is 134 cm³/mol. The minimum atomic E-state index is -0.987. The summed E-state index contributed by atoms with van der Waals surface area (Å²) in [5.74, 6) is -2.81. The van der Waals surface area contributed by atoms with Gasteiger partial charge in [0.15, 0.2) is 0 Å². The molecule has 1 heterocycles. The molecule has 1 saturated heterocycles. The largest absolute Gasteiger partial charge is 0.507 e. The van der Waals surface area contributed by atoms with E-state index in [1.165, 1.54) is 35.2 Å². The number of carbonyl (C=O) groups is 2. The van der Waals surface area contributed by atoms with Gasteiger partial charge in [-0.15, -0.1) is 0 Å². The van der Waals surface area contributed by atoms with E-state index in [1.807, 2.05) is 31.2 Å². The number of carbonyl (C=O) groups excluding carboxylic acids is 2. The summed E-state index contributed by atoms with van der Waals surface area (Å²) in [6, 6.07) is 16.2. The Kier molecular flexibility index (Phi) is 6.60. The number of aliphatic hydroxyl groups is 1. The molecule has 0 spiro atoms. The second-order valence-corrected chi connectivity index (χ2v) is 8.43. The number of aromatic hydroxyl groups is 1. The van der Waals surface area contributed by atoms with Gasteiger partial charge in [0, 0.05) is 24.3 Å². The van der Waals surface area contributed by atoms with Crippen LogP contribution in [0.3, 0.4) is 0 Å². The fourth-order valence-corrected chi connectivity index (χ4v) is 4.44. The molecule has 35 heavy (non-hydrogen) atoms. The number of hydrogen-bond donors (Lipinski definition) is 2. The molecule has 1 atom stereocenters. The minimum absolute atomic E-state index is 0.127. The van der Waals surface area contributed by atoms with Crippen molar-refractivity contribution in [1.29, 1.82) is 0 Å². The number of Topliss-reactive ketones (excluding diaryl/α,β-unsaturated/α-hetero) is 1. The summed E-state index contributed by atoms with van der Waals surface area (Å²) in [4.78, 5) is 29.9. The summed E-state index contributed by atoms with van der Waals surface area (Å²) in [5, 5.41) is 21.7. The van der Waals surface area contributed by atoms with Crippen LogP contribution < -0.4 is 9.80 Å². The first-order valence-corrected chi connectivity index (χ1v) is 11.5. The lowest BCUT2D eigenvalue weighted by molar-refractivity contribution is -0.132. The highest BCUT2D eigenvalue weighted by Crippen LogP contribution is 2.45. The first-order chi connectivity index (χ1) is 16.8. The van der Waals surface area contributed by atoms with Gasteiger partial charge >= 0.3 is 0 Å². The number of phenolic OH excluding ortho intramolecular Hbond substituents is 1. The molecule has 3 aromatic carbocycles. The summed E-state index contributed by atoms with van der Waals surface area (Å²) >= 11 is 0. The highest BCUT2D eigenvalue weighted by atomic mass is 19.1. The Hall–Kier alpha value is -4.13. The number of aryl methyl sites for hydroxylation is 1. The van der Waals surface area contributed by atoms with Crippen molar-refractivity contribution in [2.75, 3.05) is 22.9 Å². The molecule has 4 rings (SSSR count). The lowest BCUT2D eigenvalue weighted by Crippen LogP contribution is -2.29. The van der Waals surface area contributed by atoms with E-state index in [2.05, 4.69) is 18.7 Å². The third-order valence-electron chi connectivity index (χ3n) is 6.29. The van der Waals surface area contributed by atoms with E-state index in [1.54, 1.807) is 12.1 Å². The Balaban J connectivity index is 1.93. The normalized spacial score (nSPS) is 17.1. The average Bonchev–Trinajstić information content (AvgIpc) is 3.12. The molecule has 0 bridgehead atoms. The molecule has 180 valence electrons. The average molecular weight is 475 g/mol. The van der Waals surface area contributed by atoms with Gasteiger partial charge in [-0.1, -0.05) is 18.2 Å². The van der Waals surface area contributed by atoms with Gasteiger partial charge in [-0.25, -0.2) is 4.39 Å². The van der Waals surface area contributed by atoms with Crippen molar-refractivity contribution in [3.05, 3.63) is 94.8 Å². The number of hydrogen-bond acceptors (Lipinski definition) is 5. The van der Waals surface area contributed by atoms with Crippen molar-refractivity contribution >= 4 is 28.8 Å². The number of ketones is 1. The second-order valence-electron chi connectivity index (χ2n) is 8.43. The Labute approximate surface area is 203 Å². The predicted octanol–water partition coefficient (Wildman–Crippen LogP) is 5.31. The number of rotatable bonds is 6. The molecule has 6 nitrogen and oxygen atoms in total. The van der Waals surface area contributed by atoms with E-state index < -0.39 is 29.3 Å². The number of amides is 1. The Morgan fingerprint density at radius 2 is 1.60 bits per heavy atom. The zero-order valence-electron chi connectivity index (χ0n) is 19.8. The maximum atomic E-state index is 13.5. The number of benzene rings is 3. The zero-order valence-corrected chi connectivity index (χ0v) is 19.8. The molecule has 1 fully saturated rings. The summed E-state index contributed by atoms with van der Waals surface area (Å²) in [6.45, 7) is 7.54. The molecule has 1 unspecified atom stereocenters. The summed E-state index contributed by atoms with van der Waals surface area (Å²) in [5.41, 5.74) is 2.61. The van der Waals surface area contributed by atoms with Crippen LogP contribution in [-0.4, -0.2) is 35.0 Å². The smallest absolute Gasteiger partial charge is 0.300 e. The van der Waals surface area contributed by atoms with Crippen molar-refractivity contribution in [3.8, 4) is 5.75 Å². The van der Waals surface area contributed by atoms with E-state index >= 15 is 0 Å². The quantitative estimate of drug-likeness (QED) is 0.287. The van der Waals surface area contributed by atoms with Gasteiger partial charge in [-0.05, 0) is 80.4 Å². The first kappa shape index (κ1) is 24.0. The fraction of sp³-hybridized carbons (Fsp3) is 0.214. The summed E-state index contributed by atoms with van der Waals surface area (Å²) in [7, 11) is 0. The van der Waals surface area contributed by atoms with Crippen molar-refractivity contribution in [2.45, 2.75) is 26.8 Å². The van der Waals surface area contributed by atoms with Gasteiger partial charge in [-0.3, -0.25) is 14.5 Å². The topological polar surface area (TPSA) is 81.1 Å². The van der Waals surface area contributed by atoms with E-state index in [0.29, 0.717) is 5.56 Å². The third-order valence-corrected chi connectivity index (χ3v) is 6.29. The van der Waals surface area contributed by atoms with Crippen molar-refractivity contribution in [1.82, 2.24) is 0 Å². The number of aliphatic hydroxyl groups excluding tert-OH is 1. The third kappa shape index (κ3) is 4.37. The van der Waals surface area contributed by atoms with E-state index in [0.717, 1.165) is 24.3 Å². The van der Waals surface area contributed by atoms with Crippen LogP contribution in [0.2, 0.25) is 0 Å². The maximum absolute atomic E-state index is 13.5. The monoisotopic (exact) mass is 474 g/mol. The van der Waals surface area contributed by atoms with Crippen LogP contribution in [0.5, 0.6) is 5.75 Å². The van der Waals surface area contributed by atoms with Gasteiger partial charge < -0.3 is 15.1 Å². The Morgan fingerprint density at radius 3 is 2.20 bits per heavy atom. The van der Waals surface area contributed by atoms with E-state index in [4.69, 9.17) is 0 Å². The lowest BCUT2D eigenvalue weighted by Gasteiger charge is -2.27. The van der Waals surface area contributed by atoms with Crippen LogP contribution >= 0.6 is 0 Å². The standard InChI is InChI=1S/C28H27FN2O4/c1-4-30(5-2)21-13-9-18(10-14-21)25-24(26(33)19-7-11-20(29)12-8-19)27(34)28(35)31(25)22-16-17(3)6-15-23(22)32/h6-16,25,32-33H,4-5H2,1-3H3/b26-24+. The lowest BCUT2D eigenvalue weighted by atomic mass is 9.94. The van der Waals surface area contributed by atoms with Crippen LogP contribution in [0.15, 0.2) is 72.3 Å². The maximum Gasteiger partial charge on any atom is 0.300 e. The molecular weight excluding hydrogens is 447 g/mol. The zero-order chi connectivity index (χ0) is 25.3. The van der Waals surface area contributed by atoms with E-state index in [-0.39, 0.29) is 22.6 Å². The minimum Gasteiger partial charge on any atom is -0.507 e. The molecule has 1 aliphatic heterocycles.